The number of thioether (sulfide) groups is 1. The molecule has 0 fully saturated rings. The zero-order valence-corrected chi connectivity index (χ0v) is 12.9. The minimum Gasteiger partial charge on any atom is -0.378 e. The van der Waals surface area contributed by atoms with Crippen LogP contribution >= 0.6 is 11.8 Å². The summed E-state index contributed by atoms with van der Waals surface area (Å²) < 4.78 is 24.6. The van der Waals surface area contributed by atoms with E-state index < -0.39 is 5.76 Å². The Balaban J connectivity index is 2.11. The van der Waals surface area contributed by atoms with E-state index in [-0.39, 0.29) is 6.04 Å². The van der Waals surface area contributed by atoms with Gasteiger partial charge in [0.1, 0.15) is 0 Å². The van der Waals surface area contributed by atoms with E-state index in [1.54, 1.807) is 12.1 Å². The summed E-state index contributed by atoms with van der Waals surface area (Å²) in [6.45, 7) is 4.32. The Bertz CT molecular complexity index is 540. The molecule has 0 heterocycles. The zero-order chi connectivity index (χ0) is 15.2. The Morgan fingerprint density at radius 1 is 0.905 bits per heavy atom. The summed E-state index contributed by atoms with van der Waals surface area (Å²) in [5.41, 5.74) is 2.16. The fourth-order valence-corrected chi connectivity index (χ4v) is 2.71. The predicted octanol–water partition coefficient (Wildman–Crippen LogP) is 5.81. The van der Waals surface area contributed by atoms with Crippen molar-refractivity contribution in [2.75, 3.05) is 5.32 Å². The third kappa shape index (κ3) is 4.74. The second kappa shape index (κ2) is 7.46. The van der Waals surface area contributed by atoms with Crippen molar-refractivity contribution < 1.29 is 8.78 Å². The van der Waals surface area contributed by atoms with Gasteiger partial charge in [-0.25, -0.2) is 0 Å². The van der Waals surface area contributed by atoms with Gasteiger partial charge >= 0.3 is 0 Å². The Labute approximate surface area is 128 Å². The van der Waals surface area contributed by atoms with Crippen LogP contribution in [0.25, 0.3) is 0 Å². The number of benzene rings is 2. The second-order valence-electron chi connectivity index (χ2n) is 5.18. The number of hydrogen-bond donors (Lipinski definition) is 1. The van der Waals surface area contributed by atoms with E-state index >= 15 is 0 Å². The summed E-state index contributed by atoms with van der Waals surface area (Å²) in [6, 6.07) is 17.6. The Morgan fingerprint density at radius 2 is 1.52 bits per heavy atom. The molecule has 2 aromatic carbocycles. The zero-order valence-electron chi connectivity index (χ0n) is 12.1. The highest BCUT2D eigenvalue weighted by atomic mass is 32.2. The van der Waals surface area contributed by atoms with Gasteiger partial charge in [-0.3, -0.25) is 0 Å². The molecule has 0 aliphatic carbocycles. The molecular formula is C17H19F2NS. The molecule has 2 aromatic rings. The molecule has 0 saturated heterocycles. The van der Waals surface area contributed by atoms with Crippen LogP contribution in [0.5, 0.6) is 0 Å². The highest BCUT2D eigenvalue weighted by Gasteiger charge is 2.15. The maximum absolute atomic E-state index is 12.3. The molecule has 1 nitrogen and oxygen atoms in total. The minimum absolute atomic E-state index is 0.194. The van der Waals surface area contributed by atoms with E-state index in [4.69, 9.17) is 0 Å². The van der Waals surface area contributed by atoms with E-state index in [9.17, 15) is 8.78 Å². The van der Waals surface area contributed by atoms with Crippen LogP contribution in [0, 0.1) is 5.92 Å². The third-order valence-electron chi connectivity index (χ3n) is 3.23. The van der Waals surface area contributed by atoms with Crippen LogP contribution in [0.4, 0.5) is 14.5 Å². The lowest BCUT2D eigenvalue weighted by Gasteiger charge is -2.24. The highest BCUT2D eigenvalue weighted by Crippen LogP contribution is 2.29. The molecular weight excluding hydrogens is 288 g/mol. The number of alkyl halides is 2. The van der Waals surface area contributed by atoms with Crippen molar-refractivity contribution in [2.45, 2.75) is 30.5 Å². The van der Waals surface area contributed by atoms with Crippen molar-refractivity contribution in [3.8, 4) is 0 Å². The number of hydrogen-bond acceptors (Lipinski definition) is 2. The molecule has 0 aromatic heterocycles. The van der Waals surface area contributed by atoms with Gasteiger partial charge in [0, 0.05) is 10.6 Å². The van der Waals surface area contributed by atoms with E-state index in [0.29, 0.717) is 22.6 Å². The van der Waals surface area contributed by atoms with Crippen LogP contribution in [-0.4, -0.2) is 5.76 Å². The van der Waals surface area contributed by atoms with Crippen molar-refractivity contribution in [3.05, 3.63) is 60.2 Å². The summed E-state index contributed by atoms with van der Waals surface area (Å²) in [5, 5.41) is 3.48. The van der Waals surface area contributed by atoms with Crippen molar-refractivity contribution in [2.24, 2.45) is 5.92 Å². The Morgan fingerprint density at radius 3 is 2.05 bits per heavy atom. The standard InChI is InChI=1S/C17H19F2NS/c1-12(2)16(13-6-4-3-5-7-13)20-14-8-10-15(11-9-14)21-17(18)19/h3-12,16-17,20H,1-2H3. The molecule has 1 unspecified atom stereocenters. The summed E-state index contributed by atoms with van der Waals surface area (Å²) >= 11 is 0.568. The minimum atomic E-state index is -2.38. The summed E-state index contributed by atoms with van der Waals surface area (Å²) in [7, 11) is 0. The van der Waals surface area contributed by atoms with Crippen LogP contribution in [0.3, 0.4) is 0 Å². The molecule has 1 N–H and O–H groups in total. The van der Waals surface area contributed by atoms with Gasteiger partial charge in [0.05, 0.1) is 6.04 Å². The van der Waals surface area contributed by atoms with Crippen molar-refractivity contribution in [3.63, 3.8) is 0 Å². The van der Waals surface area contributed by atoms with Gasteiger partial charge in [-0.1, -0.05) is 55.9 Å². The van der Waals surface area contributed by atoms with Gasteiger partial charge < -0.3 is 5.32 Å². The monoisotopic (exact) mass is 307 g/mol. The van der Waals surface area contributed by atoms with Crippen LogP contribution in [0.1, 0.15) is 25.5 Å². The quantitative estimate of drug-likeness (QED) is 0.676. The first-order chi connectivity index (χ1) is 10.1. The number of nitrogens with one attached hydrogen (secondary N) is 1. The molecule has 0 aliphatic heterocycles. The van der Waals surface area contributed by atoms with E-state index in [1.807, 2.05) is 30.3 Å². The van der Waals surface area contributed by atoms with E-state index in [1.165, 1.54) is 5.56 Å². The van der Waals surface area contributed by atoms with Gasteiger partial charge in [0.2, 0.25) is 0 Å². The van der Waals surface area contributed by atoms with Crippen LogP contribution in [0.15, 0.2) is 59.5 Å². The number of anilines is 1. The van der Waals surface area contributed by atoms with Gasteiger partial charge in [-0.2, -0.15) is 8.78 Å². The van der Waals surface area contributed by atoms with E-state index in [2.05, 4.69) is 31.3 Å². The molecule has 0 amide bonds. The smallest absolute Gasteiger partial charge is 0.288 e. The van der Waals surface area contributed by atoms with Crippen molar-refractivity contribution in [1.29, 1.82) is 0 Å². The van der Waals surface area contributed by atoms with Gasteiger partial charge in [0.25, 0.3) is 5.76 Å². The fourth-order valence-electron chi connectivity index (χ4n) is 2.21. The molecule has 112 valence electrons. The summed E-state index contributed by atoms with van der Waals surface area (Å²) in [6.07, 6.45) is 0. The van der Waals surface area contributed by atoms with Crippen LogP contribution < -0.4 is 5.32 Å². The largest absolute Gasteiger partial charge is 0.378 e. The van der Waals surface area contributed by atoms with Crippen molar-refractivity contribution in [1.82, 2.24) is 0 Å². The van der Waals surface area contributed by atoms with Crippen molar-refractivity contribution >= 4 is 17.4 Å². The number of halogens is 2. The maximum atomic E-state index is 12.3. The molecule has 0 bridgehead atoms. The molecule has 4 heteroatoms. The third-order valence-corrected chi connectivity index (χ3v) is 3.95. The molecule has 0 spiro atoms. The van der Waals surface area contributed by atoms with Gasteiger partial charge in [0.15, 0.2) is 0 Å². The highest BCUT2D eigenvalue weighted by molar-refractivity contribution is 7.99. The lowest BCUT2D eigenvalue weighted by molar-refractivity contribution is 0.252. The molecule has 1 atom stereocenters. The molecule has 21 heavy (non-hydrogen) atoms. The first-order valence-corrected chi connectivity index (χ1v) is 7.80. The van der Waals surface area contributed by atoms with Gasteiger partial charge in [-0.05, 0) is 35.7 Å². The predicted molar refractivity (Wildman–Crippen MR) is 85.9 cm³/mol. The molecule has 0 aliphatic rings. The summed E-state index contributed by atoms with van der Waals surface area (Å²) in [4.78, 5) is 0.580. The Hall–Kier alpha value is -1.55. The fraction of sp³-hybridized carbons (Fsp3) is 0.294. The average Bonchev–Trinajstić information content (AvgIpc) is 2.46. The molecule has 0 radical (unpaired) electrons. The van der Waals surface area contributed by atoms with Crippen LogP contribution in [-0.2, 0) is 0 Å². The average molecular weight is 307 g/mol. The van der Waals surface area contributed by atoms with Gasteiger partial charge in [-0.15, -0.1) is 0 Å². The SMILES string of the molecule is CC(C)C(Nc1ccc(SC(F)F)cc1)c1ccccc1. The molecule has 2 rings (SSSR count). The first kappa shape index (κ1) is 15.8. The number of rotatable bonds is 6. The normalized spacial score (nSPS) is 12.7. The lowest BCUT2D eigenvalue weighted by atomic mass is 9.96. The lowest BCUT2D eigenvalue weighted by Crippen LogP contribution is -2.16. The second-order valence-corrected chi connectivity index (χ2v) is 6.24. The topological polar surface area (TPSA) is 12.0 Å². The van der Waals surface area contributed by atoms with Crippen LogP contribution in [0.2, 0.25) is 0 Å². The maximum Gasteiger partial charge on any atom is 0.288 e. The first-order valence-electron chi connectivity index (χ1n) is 6.92. The molecule has 0 saturated carbocycles. The Kier molecular flexibility index (Phi) is 5.62. The summed E-state index contributed by atoms with van der Waals surface area (Å²) in [5.74, 6) is -1.96. The van der Waals surface area contributed by atoms with E-state index in [0.717, 1.165) is 5.69 Å².